The molecule has 5 heteroatoms. The van der Waals surface area contributed by atoms with Crippen LogP contribution in [0.1, 0.15) is 19.8 Å². The van der Waals surface area contributed by atoms with Crippen LogP contribution in [0.15, 0.2) is 17.4 Å². The number of nitrogens with two attached hydrogens (primary N) is 1. The fourth-order valence-electron chi connectivity index (χ4n) is 2.14. The molecule has 0 aliphatic carbocycles. The molecule has 4 nitrogen and oxygen atoms in total. The van der Waals surface area contributed by atoms with Crippen LogP contribution in [0.5, 0.6) is 0 Å². The summed E-state index contributed by atoms with van der Waals surface area (Å²) < 4.78 is 0. The second-order valence-corrected chi connectivity index (χ2v) is 5.00. The molecule has 2 unspecified atom stereocenters. The highest BCUT2D eigenvalue weighted by Crippen LogP contribution is 2.23. The van der Waals surface area contributed by atoms with E-state index in [0.717, 1.165) is 30.4 Å². The average molecular weight is 238 g/mol. The molecule has 0 amide bonds. The van der Waals surface area contributed by atoms with E-state index in [2.05, 4.69) is 21.8 Å². The Bertz CT molecular complexity index is 358. The largest absolute Gasteiger partial charge is 0.354 e. The molecule has 2 atom stereocenters. The molecule has 2 heterocycles. The Hall–Kier alpha value is -0.810. The summed E-state index contributed by atoms with van der Waals surface area (Å²) in [6.45, 7) is 3.20. The third-order valence-corrected chi connectivity index (χ3v) is 3.57. The lowest BCUT2D eigenvalue weighted by Crippen LogP contribution is -2.46. The summed E-state index contributed by atoms with van der Waals surface area (Å²) in [4.78, 5) is 11.0. The Morgan fingerprint density at radius 1 is 1.56 bits per heavy atom. The van der Waals surface area contributed by atoms with Gasteiger partial charge < -0.3 is 10.6 Å². The van der Waals surface area contributed by atoms with Crippen molar-refractivity contribution in [2.45, 2.75) is 37.0 Å². The summed E-state index contributed by atoms with van der Waals surface area (Å²) in [5.41, 5.74) is 5.96. The van der Waals surface area contributed by atoms with Gasteiger partial charge in [-0.1, -0.05) is 11.8 Å². The van der Waals surface area contributed by atoms with E-state index < -0.39 is 0 Å². The maximum atomic E-state index is 5.96. The average Bonchev–Trinajstić information content (AvgIpc) is 2.29. The summed E-state index contributed by atoms with van der Waals surface area (Å²) in [6, 6.07) is 2.79. The predicted octanol–water partition coefficient (Wildman–Crippen LogP) is 1.51. The van der Waals surface area contributed by atoms with Crippen LogP contribution in [0, 0.1) is 0 Å². The molecule has 1 aromatic rings. The molecule has 0 bridgehead atoms. The van der Waals surface area contributed by atoms with Gasteiger partial charge in [-0.3, -0.25) is 0 Å². The first-order valence-corrected chi connectivity index (χ1v) is 6.82. The molecule has 2 N–H and O–H groups in total. The Morgan fingerprint density at radius 3 is 3.06 bits per heavy atom. The maximum Gasteiger partial charge on any atom is 0.189 e. The van der Waals surface area contributed by atoms with Crippen LogP contribution in [-0.4, -0.2) is 34.9 Å². The van der Waals surface area contributed by atoms with Crippen molar-refractivity contribution in [1.82, 2.24) is 9.97 Å². The Morgan fingerprint density at radius 2 is 2.38 bits per heavy atom. The lowest BCUT2D eigenvalue weighted by atomic mass is 9.99. The SMILES string of the molecule is CSc1nccc(N2CCC(N)CC2C)n1. The van der Waals surface area contributed by atoms with Crippen molar-refractivity contribution in [1.29, 1.82) is 0 Å². The van der Waals surface area contributed by atoms with Crippen molar-refractivity contribution < 1.29 is 0 Å². The van der Waals surface area contributed by atoms with E-state index in [9.17, 15) is 0 Å². The van der Waals surface area contributed by atoms with Crippen LogP contribution >= 0.6 is 11.8 Å². The fraction of sp³-hybridized carbons (Fsp3) is 0.636. The highest BCUT2D eigenvalue weighted by atomic mass is 32.2. The summed E-state index contributed by atoms with van der Waals surface area (Å²) >= 11 is 1.58. The maximum absolute atomic E-state index is 5.96. The Kier molecular flexibility index (Phi) is 3.66. The summed E-state index contributed by atoms with van der Waals surface area (Å²) in [5, 5.41) is 0.833. The minimum absolute atomic E-state index is 0.341. The molecular weight excluding hydrogens is 220 g/mol. The molecule has 0 saturated carbocycles. The fourth-order valence-corrected chi connectivity index (χ4v) is 2.49. The summed E-state index contributed by atoms with van der Waals surface area (Å²) in [6.07, 6.45) is 5.91. The standard InChI is InChI=1S/C11H18N4S/c1-8-7-9(12)4-6-15(8)10-3-5-13-11(14-10)16-2/h3,5,8-9H,4,6-7,12H2,1-2H3. The molecule has 1 saturated heterocycles. The first-order valence-electron chi connectivity index (χ1n) is 5.60. The summed E-state index contributed by atoms with van der Waals surface area (Å²) in [7, 11) is 0. The van der Waals surface area contributed by atoms with E-state index >= 15 is 0 Å². The van der Waals surface area contributed by atoms with E-state index in [1.807, 2.05) is 18.5 Å². The van der Waals surface area contributed by atoms with E-state index in [-0.39, 0.29) is 0 Å². The Balaban J connectivity index is 2.16. The van der Waals surface area contributed by atoms with Crippen molar-refractivity contribution in [2.24, 2.45) is 5.73 Å². The zero-order valence-electron chi connectivity index (χ0n) is 9.76. The van der Waals surface area contributed by atoms with Gasteiger partial charge in [0, 0.05) is 24.8 Å². The third-order valence-electron chi connectivity index (χ3n) is 3.01. The van der Waals surface area contributed by atoms with Gasteiger partial charge >= 0.3 is 0 Å². The van der Waals surface area contributed by atoms with Crippen molar-refractivity contribution in [2.75, 3.05) is 17.7 Å². The van der Waals surface area contributed by atoms with Crippen molar-refractivity contribution in [3.8, 4) is 0 Å². The van der Waals surface area contributed by atoms with Gasteiger partial charge in [-0.25, -0.2) is 9.97 Å². The van der Waals surface area contributed by atoms with Crippen LogP contribution in [0.25, 0.3) is 0 Å². The highest BCUT2D eigenvalue weighted by Gasteiger charge is 2.24. The number of rotatable bonds is 2. The van der Waals surface area contributed by atoms with Crippen LogP contribution in [0.4, 0.5) is 5.82 Å². The van der Waals surface area contributed by atoms with E-state index in [1.54, 1.807) is 11.8 Å². The van der Waals surface area contributed by atoms with Crippen molar-refractivity contribution >= 4 is 17.6 Å². The number of hydrogen-bond acceptors (Lipinski definition) is 5. The lowest BCUT2D eigenvalue weighted by molar-refractivity contribution is 0.426. The zero-order chi connectivity index (χ0) is 11.5. The summed E-state index contributed by atoms with van der Waals surface area (Å²) in [5.74, 6) is 1.03. The number of aromatic nitrogens is 2. The van der Waals surface area contributed by atoms with Gasteiger partial charge in [0.25, 0.3) is 0 Å². The number of piperidine rings is 1. The van der Waals surface area contributed by atoms with Gasteiger partial charge in [-0.15, -0.1) is 0 Å². The Labute approximate surface area is 101 Å². The van der Waals surface area contributed by atoms with Crippen LogP contribution in [0.2, 0.25) is 0 Å². The molecule has 1 fully saturated rings. The van der Waals surface area contributed by atoms with Gasteiger partial charge in [0.15, 0.2) is 5.16 Å². The van der Waals surface area contributed by atoms with Crippen LogP contribution in [0.3, 0.4) is 0 Å². The molecule has 1 aliphatic heterocycles. The van der Waals surface area contributed by atoms with Crippen LogP contribution in [-0.2, 0) is 0 Å². The smallest absolute Gasteiger partial charge is 0.189 e. The number of anilines is 1. The van der Waals surface area contributed by atoms with Crippen molar-refractivity contribution in [3.05, 3.63) is 12.3 Å². The second kappa shape index (κ2) is 5.01. The molecule has 1 aliphatic rings. The van der Waals surface area contributed by atoms with Gasteiger partial charge in [0.2, 0.25) is 0 Å². The normalized spacial score (nSPS) is 25.8. The van der Waals surface area contributed by atoms with Gasteiger partial charge in [0.05, 0.1) is 0 Å². The predicted molar refractivity (Wildman–Crippen MR) is 67.8 cm³/mol. The third kappa shape index (κ3) is 2.47. The number of thioether (sulfide) groups is 1. The minimum Gasteiger partial charge on any atom is -0.354 e. The van der Waals surface area contributed by atoms with E-state index in [4.69, 9.17) is 5.73 Å². The molecule has 88 valence electrons. The molecule has 0 aromatic carbocycles. The minimum atomic E-state index is 0.341. The second-order valence-electron chi connectivity index (χ2n) is 4.23. The topological polar surface area (TPSA) is 55.0 Å². The lowest BCUT2D eigenvalue weighted by Gasteiger charge is -2.37. The van der Waals surface area contributed by atoms with Crippen LogP contribution < -0.4 is 10.6 Å². The first-order chi connectivity index (χ1) is 7.70. The molecule has 16 heavy (non-hydrogen) atoms. The van der Waals surface area contributed by atoms with E-state index in [1.165, 1.54) is 0 Å². The molecule has 0 radical (unpaired) electrons. The monoisotopic (exact) mass is 238 g/mol. The van der Waals surface area contributed by atoms with Gasteiger partial charge in [-0.05, 0) is 32.1 Å². The van der Waals surface area contributed by atoms with E-state index in [0.29, 0.717) is 12.1 Å². The number of nitrogens with zero attached hydrogens (tertiary/aromatic N) is 3. The molecular formula is C11H18N4S. The quantitative estimate of drug-likeness (QED) is 0.625. The molecule has 2 rings (SSSR count). The van der Waals surface area contributed by atoms with Gasteiger partial charge in [0.1, 0.15) is 5.82 Å². The molecule has 1 aromatic heterocycles. The zero-order valence-corrected chi connectivity index (χ0v) is 10.6. The van der Waals surface area contributed by atoms with Gasteiger partial charge in [-0.2, -0.15) is 0 Å². The van der Waals surface area contributed by atoms with Crippen molar-refractivity contribution in [3.63, 3.8) is 0 Å². The molecule has 0 spiro atoms. The number of hydrogen-bond donors (Lipinski definition) is 1. The first kappa shape index (κ1) is 11.7. The highest BCUT2D eigenvalue weighted by molar-refractivity contribution is 7.98.